The summed E-state index contributed by atoms with van der Waals surface area (Å²) in [6.07, 6.45) is 0. The van der Waals surface area contributed by atoms with Gasteiger partial charge in [-0.25, -0.2) is 13.1 Å². The summed E-state index contributed by atoms with van der Waals surface area (Å²) in [4.78, 5) is 11.0. The Morgan fingerprint density at radius 1 is 1.39 bits per heavy atom. The van der Waals surface area contributed by atoms with E-state index >= 15 is 0 Å². The first-order valence-electron chi connectivity index (χ1n) is 5.14. The molecule has 1 aromatic carbocycles. The summed E-state index contributed by atoms with van der Waals surface area (Å²) in [6.45, 7) is 2.74. The predicted molar refractivity (Wildman–Crippen MR) is 70.7 cm³/mol. The van der Waals surface area contributed by atoms with Crippen molar-refractivity contribution in [2.24, 2.45) is 5.41 Å². The second-order valence-corrected chi connectivity index (χ2v) is 7.03. The zero-order chi connectivity index (χ0) is 14.0. The molecular weight excluding hydrogens is 322 g/mol. The van der Waals surface area contributed by atoms with E-state index in [-0.39, 0.29) is 11.4 Å². The van der Waals surface area contributed by atoms with Crippen LogP contribution in [-0.4, -0.2) is 26.0 Å². The molecule has 0 aliphatic rings. The molecule has 100 valence electrons. The average molecular weight is 336 g/mol. The van der Waals surface area contributed by atoms with Gasteiger partial charge in [0.15, 0.2) is 0 Å². The van der Waals surface area contributed by atoms with Gasteiger partial charge in [-0.3, -0.25) is 4.79 Å². The van der Waals surface area contributed by atoms with Crippen LogP contribution < -0.4 is 4.72 Å². The van der Waals surface area contributed by atoms with Gasteiger partial charge in [0.25, 0.3) is 0 Å². The van der Waals surface area contributed by atoms with Gasteiger partial charge in [-0.05, 0) is 41.9 Å². The van der Waals surface area contributed by atoms with Crippen molar-refractivity contribution >= 4 is 31.9 Å². The third kappa shape index (κ3) is 3.54. The fraction of sp³-hybridized carbons (Fsp3) is 0.364. The smallest absolute Gasteiger partial charge is 0.310 e. The first-order valence-corrected chi connectivity index (χ1v) is 7.42. The third-order valence-electron chi connectivity index (χ3n) is 2.41. The van der Waals surface area contributed by atoms with E-state index in [1.807, 2.05) is 0 Å². The number of carboxylic acid groups (broad SMARTS) is 1. The highest BCUT2D eigenvalue weighted by atomic mass is 79.9. The normalized spacial score (nSPS) is 12.4. The fourth-order valence-electron chi connectivity index (χ4n) is 1.09. The monoisotopic (exact) mass is 335 g/mol. The molecule has 0 heterocycles. The Morgan fingerprint density at radius 3 is 2.44 bits per heavy atom. The summed E-state index contributed by atoms with van der Waals surface area (Å²) in [5, 5.41) is 8.92. The Labute approximate surface area is 114 Å². The first kappa shape index (κ1) is 15.1. The SMILES string of the molecule is CC(C)(CNS(=O)(=O)c1ccccc1Br)C(=O)O. The molecule has 18 heavy (non-hydrogen) atoms. The molecule has 0 aliphatic carbocycles. The maximum atomic E-state index is 12.0. The number of hydrogen-bond donors (Lipinski definition) is 2. The van der Waals surface area contributed by atoms with Gasteiger partial charge in [0.2, 0.25) is 10.0 Å². The van der Waals surface area contributed by atoms with Crippen molar-refractivity contribution in [3.05, 3.63) is 28.7 Å². The number of halogens is 1. The van der Waals surface area contributed by atoms with E-state index in [1.54, 1.807) is 18.2 Å². The Bertz CT molecular complexity index is 554. The van der Waals surface area contributed by atoms with E-state index in [0.29, 0.717) is 4.47 Å². The molecule has 1 aromatic rings. The summed E-state index contributed by atoms with van der Waals surface area (Å²) < 4.78 is 26.7. The van der Waals surface area contributed by atoms with Crippen molar-refractivity contribution in [2.75, 3.05) is 6.54 Å². The van der Waals surface area contributed by atoms with Gasteiger partial charge in [-0.2, -0.15) is 0 Å². The fourth-order valence-corrected chi connectivity index (χ4v) is 3.30. The number of sulfonamides is 1. The van der Waals surface area contributed by atoms with E-state index in [0.717, 1.165) is 0 Å². The molecule has 0 atom stereocenters. The Kier molecular flexibility index (Phi) is 4.52. The van der Waals surface area contributed by atoms with Crippen LogP contribution in [0.3, 0.4) is 0 Å². The van der Waals surface area contributed by atoms with Crippen molar-refractivity contribution in [3.8, 4) is 0 Å². The Balaban J connectivity index is 2.92. The molecule has 0 radical (unpaired) electrons. The van der Waals surface area contributed by atoms with Gasteiger partial charge < -0.3 is 5.11 Å². The minimum atomic E-state index is -3.72. The molecule has 1 rings (SSSR count). The molecule has 0 saturated heterocycles. The quantitative estimate of drug-likeness (QED) is 0.859. The lowest BCUT2D eigenvalue weighted by atomic mass is 9.95. The predicted octanol–water partition coefficient (Wildman–Crippen LogP) is 1.84. The summed E-state index contributed by atoms with van der Waals surface area (Å²) in [5.74, 6) is -1.06. The summed E-state index contributed by atoms with van der Waals surface area (Å²) in [6, 6.07) is 6.35. The zero-order valence-electron chi connectivity index (χ0n) is 9.97. The number of nitrogens with one attached hydrogen (secondary N) is 1. The molecule has 0 amide bonds. The van der Waals surface area contributed by atoms with Gasteiger partial charge >= 0.3 is 5.97 Å². The minimum absolute atomic E-state index is 0.0891. The van der Waals surface area contributed by atoms with E-state index in [9.17, 15) is 13.2 Å². The second kappa shape index (κ2) is 5.38. The molecule has 5 nitrogen and oxygen atoms in total. The molecule has 7 heteroatoms. The third-order valence-corrected chi connectivity index (χ3v) is 4.82. The maximum absolute atomic E-state index is 12.0. The minimum Gasteiger partial charge on any atom is -0.481 e. The van der Waals surface area contributed by atoms with Gasteiger partial charge in [0.05, 0.1) is 10.3 Å². The van der Waals surface area contributed by atoms with Crippen LogP contribution >= 0.6 is 15.9 Å². The summed E-state index contributed by atoms with van der Waals surface area (Å²) in [7, 11) is -3.72. The van der Waals surface area contributed by atoms with Crippen LogP contribution in [0.25, 0.3) is 0 Å². The molecule has 0 aliphatic heterocycles. The molecule has 0 saturated carbocycles. The summed E-state index contributed by atoms with van der Waals surface area (Å²) >= 11 is 3.15. The van der Waals surface area contributed by atoms with Crippen molar-refractivity contribution in [2.45, 2.75) is 18.7 Å². The number of carbonyl (C=O) groups is 1. The lowest BCUT2D eigenvalue weighted by molar-refractivity contribution is -0.146. The zero-order valence-corrected chi connectivity index (χ0v) is 12.4. The first-order chi connectivity index (χ1) is 8.17. The van der Waals surface area contributed by atoms with Gasteiger partial charge in [0.1, 0.15) is 0 Å². The van der Waals surface area contributed by atoms with Crippen molar-refractivity contribution in [3.63, 3.8) is 0 Å². The lowest BCUT2D eigenvalue weighted by Crippen LogP contribution is -2.38. The van der Waals surface area contributed by atoms with Crippen LogP contribution in [0.5, 0.6) is 0 Å². The van der Waals surface area contributed by atoms with Crippen LogP contribution in [0.4, 0.5) is 0 Å². The topological polar surface area (TPSA) is 83.5 Å². The molecule has 0 fully saturated rings. The number of carboxylic acids is 1. The highest BCUT2D eigenvalue weighted by Gasteiger charge is 2.29. The van der Waals surface area contributed by atoms with E-state index in [4.69, 9.17) is 5.11 Å². The van der Waals surface area contributed by atoms with Crippen LogP contribution in [0.2, 0.25) is 0 Å². The maximum Gasteiger partial charge on any atom is 0.310 e. The average Bonchev–Trinajstić information content (AvgIpc) is 2.27. The van der Waals surface area contributed by atoms with E-state index in [2.05, 4.69) is 20.7 Å². The second-order valence-electron chi connectivity index (χ2n) is 4.44. The lowest BCUT2D eigenvalue weighted by Gasteiger charge is -2.19. The Hall–Kier alpha value is -0.920. The van der Waals surface area contributed by atoms with Crippen molar-refractivity contribution in [1.29, 1.82) is 0 Å². The van der Waals surface area contributed by atoms with Gasteiger partial charge in [-0.15, -0.1) is 0 Å². The van der Waals surface area contributed by atoms with Crippen LogP contribution in [-0.2, 0) is 14.8 Å². The Morgan fingerprint density at radius 2 is 1.94 bits per heavy atom. The van der Waals surface area contributed by atoms with Crippen LogP contribution in [0.1, 0.15) is 13.8 Å². The number of hydrogen-bond acceptors (Lipinski definition) is 3. The molecule has 2 N–H and O–H groups in total. The largest absolute Gasteiger partial charge is 0.481 e. The molecule has 0 bridgehead atoms. The van der Waals surface area contributed by atoms with Crippen molar-refractivity contribution < 1.29 is 18.3 Å². The molecule has 0 unspecified atom stereocenters. The van der Waals surface area contributed by atoms with Gasteiger partial charge in [0, 0.05) is 11.0 Å². The highest BCUT2D eigenvalue weighted by Crippen LogP contribution is 2.22. The highest BCUT2D eigenvalue weighted by molar-refractivity contribution is 9.10. The van der Waals surface area contributed by atoms with Gasteiger partial charge in [-0.1, -0.05) is 12.1 Å². The van der Waals surface area contributed by atoms with E-state index < -0.39 is 21.4 Å². The molecule has 0 aromatic heterocycles. The van der Waals surface area contributed by atoms with Crippen LogP contribution in [0, 0.1) is 5.41 Å². The summed E-state index contributed by atoms with van der Waals surface area (Å²) in [5.41, 5.74) is -1.16. The standard InChI is InChI=1S/C11H14BrNO4S/c1-11(2,10(14)15)7-13-18(16,17)9-6-4-3-5-8(9)12/h3-6,13H,7H2,1-2H3,(H,14,15). The van der Waals surface area contributed by atoms with Crippen LogP contribution in [0.15, 0.2) is 33.6 Å². The molecular formula is C11H14BrNO4S. The number of aliphatic carboxylic acids is 1. The number of rotatable bonds is 5. The van der Waals surface area contributed by atoms with Crippen molar-refractivity contribution in [1.82, 2.24) is 4.72 Å². The number of benzene rings is 1. The molecule has 0 spiro atoms. The van der Waals surface area contributed by atoms with E-state index in [1.165, 1.54) is 19.9 Å².